The van der Waals surface area contributed by atoms with Crippen molar-refractivity contribution in [2.24, 2.45) is 0 Å². The summed E-state index contributed by atoms with van der Waals surface area (Å²) in [6, 6.07) is 30.0. The lowest BCUT2D eigenvalue weighted by atomic mass is 9.95. The van der Waals surface area contributed by atoms with Gasteiger partial charge in [0, 0.05) is 6.61 Å². The van der Waals surface area contributed by atoms with Crippen molar-refractivity contribution >= 4 is 5.91 Å². The van der Waals surface area contributed by atoms with Crippen LogP contribution in [-0.2, 0) is 38.8 Å². The van der Waals surface area contributed by atoms with Crippen molar-refractivity contribution in [2.75, 3.05) is 6.61 Å². The van der Waals surface area contributed by atoms with Gasteiger partial charge in [-0.3, -0.25) is 4.79 Å². The average Bonchev–Trinajstić information content (AvgIpc) is 2.86. The van der Waals surface area contributed by atoms with Gasteiger partial charge >= 0.3 is 0 Å². The molecule has 0 aromatic heterocycles. The van der Waals surface area contributed by atoms with Gasteiger partial charge in [-0.1, -0.05) is 91.0 Å². The number of hydrogen-bond acceptors (Lipinski definition) is 4. The zero-order valence-corrected chi connectivity index (χ0v) is 18.8. The first kappa shape index (κ1) is 23.2. The molecule has 33 heavy (non-hydrogen) atoms. The number of nitrogens with one attached hydrogen (secondary N) is 1. The highest BCUT2D eigenvalue weighted by Gasteiger charge is 2.38. The first-order valence-corrected chi connectivity index (χ1v) is 11.5. The molecular weight excluding hydrogens is 414 g/mol. The smallest absolute Gasteiger partial charge is 0.223 e. The van der Waals surface area contributed by atoms with Crippen molar-refractivity contribution < 1.29 is 19.0 Å². The van der Waals surface area contributed by atoms with E-state index in [-0.39, 0.29) is 30.6 Å². The Morgan fingerprint density at radius 1 is 0.697 bits per heavy atom. The van der Waals surface area contributed by atoms with Crippen molar-refractivity contribution in [3.63, 3.8) is 0 Å². The van der Waals surface area contributed by atoms with Crippen LogP contribution in [0.1, 0.15) is 29.5 Å². The van der Waals surface area contributed by atoms with Gasteiger partial charge in [0.1, 0.15) is 6.10 Å². The minimum atomic E-state index is -0.318. The molecule has 1 fully saturated rings. The monoisotopic (exact) mass is 445 g/mol. The van der Waals surface area contributed by atoms with Crippen LogP contribution in [0.4, 0.5) is 0 Å². The van der Waals surface area contributed by atoms with Gasteiger partial charge < -0.3 is 19.5 Å². The summed E-state index contributed by atoms with van der Waals surface area (Å²) in [6.07, 6.45) is 0.366. The summed E-state index contributed by atoms with van der Waals surface area (Å²) >= 11 is 0. The number of ether oxygens (including phenoxy) is 3. The Kier molecular flexibility index (Phi) is 8.64. The first-order chi connectivity index (χ1) is 16.3. The maximum Gasteiger partial charge on any atom is 0.223 e. The van der Waals surface area contributed by atoms with Gasteiger partial charge in [0.05, 0.1) is 38.4 Å². The summed E-state index contributed by atoms with van der Waals surface area (Å²) < 4.78 is 18.5. The van der Waals surface area contributed by atoms with Crippen LogP contribution < -0.4 is 5.32 Å². The lowest BCUT2D eigenvalue weighted by molar-refractivity contribution is -0.149. The molecule has 3 aromatic carbocycles. The number of benzene rings is 3. The lowest BCUT2D eigenvalue weighted by Gasteiger charge is -2.38. The summed E-state index contributed by atoms with van der Waals surface area (Å²) in [6.45, 7) is 1.98. The fourth-order valence-corrected chi connectivity index (χ4v) is 4.04. The zero-order valence-electron chi connectivity index (χ0n) is 18.8. The molecule has 3 atom stereocenters. The summed E-state index contributed by atoms with van der Waals surface area (Å²) in [5.41, 5.74) is 3.30. The molecule has 172 valence electrons. The van der Waals surface area contributed by atoms with Gasteiger partial charge in [-0.05, 0) is 23.1 Å². The molecule has 0 radical (unpaired) electrons. The topological polar surface area (TPSA) is 56.8 Å². The number of hydrogen-bond donors (Lipinski definition) is 1. The van der Waals surface area contributed by atoms with Gasteiger partial charge in [0.2, 0.25) is 5.91 Å². The number of carbonyl (C=O) groups excluding carboxylic acids is 1. The Morgan fingerprint density at radius 2 is 1.21 bits per heavy atom. The van der Waals surface area contributed by atoms with E-state index in [2.05, 4.69) is 5.32 Å². The van der Waals surface area contributed by atoms with Crippen LogP contribution in [0.15, 0.2) is 91.0 Å². The Balaban J connectivity index is 1.38. The van der Waals surface area contributed by atoms with E-state index in [0.29, 0.717) is 32.8 Å². The lowest BCUT2D eigenvalue weighted by Crippen LogP contribution is -2.57. The van der Waals surface area contributed by atoms with Crippen LogP contribution in [0.2, 0.25) is 0 Å². The average molecular weight is 446 g/mol. The Hall–Kier alpha value is -2.99. The van der Waals surface area contributed by atoms with E-state index in [9.17, 15) is 4.79 Å². The Bertz CT molecular complexity index is 965. The van der Waals surface area contributed by atoms with Gasteiger partial charge in [0.15, 0.2) is 0 Å². The molecule has 1 aliphatic heterocycles. The number of carbonyl (C=O) groups is 1. The second-order valence-electron chi connectivity index (χ2n) is 8.30. The molecule has 5 heteroatoms. The van der Waals surface area contributed by atoms with E-state index < -0.39 is 0 Å². The zero-order chi connectivity index (χ0) is 22.7. The minimum absolute atomic E-state index is 0.0133. The van der Waals surface area contributed by atoms with Crippen LogP contribution in [0.3, 0.4) is 0 Å². The highest BCUT2D eigenvalue weighted by Crippen LogP contribution is 2.23. The molecule has 0 bridgehead atoms. The summed E-state index contributed by atoms with van der Waals surface area (Å²) in [7, 11) is 0. The van der Waals surface area contributed by atoms with Gasteiger partial charge in [-0.25, -0.2) is 0 Å². The predicted molar refractivity (Wildman–Crippen MR) is 127 cm³/mol. The molecule has 1 heterocycles. The van der Waals surface area contributed by atoms with E-state index in [0.717, 1.165) is 16.7 Å². The van der Waals surface area contributed by atoms with Crippen LogP contribution >= 0.6 is 0 Å². The van der Waals surface area contributed by atoms with Gasteiger partial charge in [0.25, 0.3) is 0 Å². The Labute approximate surface area is 195 Å². The highest BCUT2D eigenvalue weighted by atomic mass is 16.5. The molecule has 5 nitrogen and oxygen atoms in total. The maximum atomic E-state index is 12.5. The van der Waals surface area contributed by atoms with Crippen LogP contribution in [-0.4, -0.2) is 30.8 Å². The van der Waals surface area contributed by atoms with Crippen LogP contribution in [0, 0.1) is 0 Å². The van der Waals surface area contributed by atoms with Crippen LogP contribution in [0.5, 0.6) is 0 Å². The molecule has 1 amide bonds. The molecule has 3 aromatic rings. The van der Waals surface area contributed by atoms with Crippen molar-refractivity contribution in [2.45, 2.75) is 50.9 Å². The molecule has 1 N–H and O–H groups in total. The van der Waals surface area contributed by atoms with Crippen molar-refractivity contribution in [3.05, 3.63) is 108 Å². The predicted octanol–water partition coefficient (Wildman–Crippen LogP) is 4.65. The molecular formula is C28H31NO4. The molecule has 1 saturated heterocycles. The normalized spacial score (nSPS) is 20.4. The molecule has 0 aliphatic carbocycles. The van der Waals surface area contributed by atoms with E-state index in [1.54, 1.807) is 0 Å². The summed E-state index contributed by atoms with van der Waals surface area (Å²) in [5, 5.41) is 3.11. The van der Waals surface area contributed by atoms with Crippen LogP contribution in [0.25, 0.3) is 0 Å². The highest BCUT2D eigenvalue weighted by molar-refractivity contribution is 5.78. The standard InChI is InChI=1S/C28H31NO4/c30-27-18-26(32-20-23-12-6-2-7-13-23)28(33-21-24-14-8-3-9-15-24)25(29-27)16-17-31-19-22-10-4-1-5-11-22/h1-15,25-26,28H,16-21H2,(H,29,30)/t25-,26-,28-/m1/s1. The number of piperidine rings is 1. The largest absolute Gasteiger partial charge is 0.377 e. The quantitative estimate of drug-likeness (QED) is 0.437. The Morgan fingerprint density at radius 3 is 1.79 bits per heavy atom. The molecule has 0 spiro atoms. The third-order valence-corrected chi connectivity index (χ3v) is 5.77. The summed E-state index contributed by atoms with van der Waals surface area (Å²) in [5.74, 6) is -0.0133. The van der Waals surface area contributed by atoms with E-state index >= 15 is 0 Å². The van der Waals surface area contributed by atoms with Gasteiger partial charge in [-0.15, -0.1) is 0 Å². The van der Waals surface area contributed by atoms with Crippen molar-refractivity contribution in [3.8, 4) is 0 Å². The van der Waals surface area contributed by atoms with Crippen molar-refractivity contribution in [1.82, 2.24) is 5.32 Å². The van der Waals surface area contributed by atoms with E-state index in [1.807, 2.05) is 91.0 Å². The fraction of sp³-hybridized carbons (Fsp3) is 0.321. The maximum absolute atomic E-state index is 12.5. The number of amides is 1. The van der Waals surface area contributed by atoms with Gasteiger partial charge in [-0.2, -0.15) is 0 Å². The minimum Gasteiger partial charge on any atom is -0.377 e. The van der Waals surface area contributed by atoms with E-state index in [1.165, 1.54) is 0 Å². The third kappa shape index (κ3) is 7.26. The summed E-state index contributed by atoms with van der Waals surface area (Å²) in [4.78, 5) is 12.5. The molecule has 0 unspecified atom stereocenters. The van der Waals surface area contributed by atoms with Crippen molar-refractivity contribution in [1.29, 1.82) is 0 Å². The SMILES string of the molecule is O=C1C[C@@H](OCc2ccccc2)[C@H](OCc2ccccc2)[C@@H](CCOCc2ccccc2)N1. The molecule has 0 saturated carbocycles. The molecule has 1 aliphatic rings. The van der Waals surface area contributed by atoms with E-state index in [4.69, 9.17) is 14.2 Å². The molecule has 4 rings (SSSR count). The second-order valence-corrected chi connectivity index (χ2v) is 8.30. The second kappa shape index (κ2) is 12.3. The third-order valence-electron chi connectivity index (χ3n) is 5.77. The fourth-order valence-electron chi connectivity index (χ4n) is 4.04. The number of rotatable bonds is 11. The first-order valence-electron chi connectivity index (χ1n) is 11.5.